The van der Waals surface area contributed by atoms with E-state index < -0.39 is 0 Å². The minimum atomic E-state index is -0.258. The molecule has 0 aliphatic carbocycles. The van der Waals surface area contributed by atoms with Crippen LogP contribution in [0.2, 0.25) is 0 Å². The van der Waals surface area contributed by atoms with Gasteiger partial charge in [-0.3, -0.25) is 9.78 Å². The monoisotopic (exact) mass is 432 g/mol. The van der Waals surface area contributed by atoms with Gasteiger partial charge in [0.1, 0.15) is 19.0 Å². The lowest BCUT2D eigenvalue weighted by atomic mass is 10.0. The topological polar surface area (TPSA) is 51.7 Å². The van der Waals surface area contributed by atoms with Gasteiger partial charge >= 0.3 is 0 Å². The van der Waals surface area contributed by atoms with Gasteiger partial charge in [-0.15, -0.1) is 0 Å². The van der Waals surface area contributed by atoms with Crippen LogP contribution in [0, 0.1) is 12.7 Å². The highest BCUT2D eigenvalue weighted by Gasteiger charge is 2.31. The maximum atomic E-state index is 13.3. The van der Waals surface area contributed by atoms with Crippen LogP contribution >= 0.6 is 0 Å². The van der Waals surface area contributed by atoms with Crippen molar-refractivity contribution >= 4 is 5.91 Å². The molecule has 2 aromatic carbocycles. The molecule has 0 unspecified atom stereocenters. The smallest absolute Gasteiger partial charge is 0.227 e. The predicted octanol–water partition coefficient (Wildman–Crippen LogP) is 4.87. The number of carbonyl (C=O) groups is 1. The van der Waals surface area contributed by atoms with Crippen molar-refractivity contribution in [2.45, 2.75) is 32.2 Å². The molecule has 5 nitrogen and oxygen atoms in total. The molecule has 3 heterocycles. The van der Waals surface area contributed by atoms with Gasteiger partial charge in [0.25, 0.3) is 0 Å². The fraction of sp³-hybridized carbons (Fsp3) is 0.308. The highest BCUT2D eigenvalue weighted by molar-refractivity contribution is 5.80. The van der Waals surface area contributed by atoms with E-state index in [2.05, 4.69) is 0 Å². The normalized spacial score (nSPS) is 17.4. The molecule has 0 bridgehead atoms. The van der Waals surface area contributed by atoms with Crippen LogP contribution < -0.4 is 9.47 Å². The van der Waals surface area contributed by atoms with Crippen LogP contribution in [0.4, 0.5) is 4.39 Å². The molecule has 1 aromatic heterocycles. The summed E-state index contributed by atoms with van der Waals surface area (Å²) in [7, 11) is 0. The molecule has 2 aliphatic rings. The summed E-state index contributed by atoms with van der Waals surface area (Å²) in [5, 5.41) is 0. The van der Waals surface area contributed by atoms with Gasteiger partial charge in [0.15, 0.2) is 11.5 Å². The first-order valence-corrected chi connectivity index (χ1v) is 11.0. The number of carbonyl (C=O) groups excluding carboxylic acids is 1. The van der Waals surface area contributed by atoms with E-state index in [9.17, 15) is 9.18 Å². The summed E-state index contributed by atoms with van der Waals surface area (Å²) >= 11 is 0. The molecule has 2 aliphatic heterocycles. The Morgan fingerprint density at radius 3 is 2.62 bits per heavy atom. The molecular formula is C26H25FN2O3. The first-order valence-electron chi connectivity index (χ1n) is 11.0. The third kappa shape index (κ3) is 4.17. The summed E-state index contributed by atoms with van der Waals surface area (Å²) in [5.41, 5.74) is 4.60. The van der Waals surface area contributed by atoms with Crippen molar-refractivity contribution in [2.24, 2.45) is 0 Å². The number of fused-ring (bicyclic) bond motifs is 1. The zero-order valence-corrected chi connectivity index (χ0v) is 18.0. The number of hydrogen-bond acceptors (Lipinski definition) is 4. The van der Waals surface area contributed by atoms with Crippen LogP contribution in [0.1, 0.15) is 35.8 Å². The van der Waals surface area contributed by atoms with Crippen molar-refractivity contribution < 1.29 is 18.7 Å². The van der Waals surface area contributed by atoms with Crippen molar-refractivity contribution in [3.8, 4) is 22.6 Å². The summed E-state index contributed by atoms with van der Waals surface area (Å²) in [6, 6.07) is 16.1. The first-order chi connectivity index (χ1) is 15.6. The van der Waals surface area contributed by atoms with Crippen LogP contribution in [0.3, 0.4) is 0 Å². The number of amides is 1. The van der Waals surface area contributed by atoms with Gasteiger partial charge in [0.2, 0.25) is 5.91 Å². The molecule has 0 saturated carbocycles. The Hall–Kier alpha value is -3.41. The average Bonchev–Trinajstić information content (AvgIpc) is 3.29. The van der Waals surface area contributed by atoms with Gasteiger partial charge in [0, 0.05) is 12.2 Å². The second-order valence-corrected chi connectivity index (χ2v) is 8.33. The number of aromatic nitrogens is 1. The highest BCUT2D eigenvalue weighted by atomic mass is 19.1. The largest absolute Gasteiger partial charge is 0.486 e. The van der Waals surface area contributed by atoms with Gasteiger partial charge in [0.05, 0.1) is 18.2 Å². The first kappa shape index (κ1) is 20.5. The second-order valence-electron chi connectivity index (χ2n) is 8.33. The van der Waals surface area contributed by atoms with E-state index in [0.29, 0.717) is 25.4 Å². The number of nitrogens with zero attached hydrogens (tertiary/aromatic N) is 2. The van der Waals surface area contributed by atoms with Crippen LogP contribution in [-0.2, 0) is 11.2 Å². The Kier molecular flexibility index (Phi) is 5.52. The molecule has 0 radical (unpaired) electrons. The Bertz CT molecular complexity index is 1150. The van der Waals surface area contributed by atoms with Crippen molar-refractivity contribution in [3.63, 3.8) is 0 Å². The molecule has 0 N–H and O–H groups in total. The molecule has 5 rings (SSSR count). The molecule has 1 fully saturated rings. The number of ether oxygens (including phenoxy) is 2. The van der Waals surface area contributed by atoms with E-state index in [1.54, 1.807) is 12.1 Å². The fourth-order valence-corrected chi connectivity index (χ4v) is 4.52. The van der Waals surface area contributed by atoms with E-state index in [-0.39, 0.29) is 17.8 Å². The molecular weight excluding hydrogens is 407 g/mol. The van der Waals surface area contributed by atoms with Crippen LogP contribution in [-0.4, -0.2) is 35.5 Å². The highest BCUT2D eigenvalue weighted by Crippen LogP contribution is 2.35. The number of benzene rings is 2. The third-order valence-electron chi connectivity index (χ3n) is 6.03. The predicted molar refractivity (Wildman–Crippen MR) is 119 cm³/mol. The van der Waals surface area contributed by atoms with E-state index >= 15 is 0 Å². The summed E-state index contributed by atoms with van der Waals surface area (Å²) in [6.45, 7) is 3.74. The molecule has 1 amide bonds. The van der Waals surface area contributed by atoms with E-state index in [1.165, 1.54) is 12.1 Å². The average molecular weight is 432 g/mol. The number of rotatable bonds is 4. The van der Waals surface area contributed by atoms with Crippen molar-refractivity contribution in [3.05, 3.63) is 77.4 Å². The lowest BCUT2D eigenvalue weighted by molar-refractivity contribution is -0.131. The van der Waals surface area contributed by atoms with Gasteiger partial charge in [-0.1, -0.05) is 18.2 Å². The number of likely N-dealkylation sites (tertiary alicyclic amines) is 1. The second kappa shape index (κ2) is 8.61. The van der Waals surface area contributed by atoms with E-state index in [4.69, 9.17) is 14.5 Å². The van der Waals surface area contributed by atoms with E-state index in [1.807, 2.05) is 42.2 Å². The Morgan fingerprint density at radius 2 is 1.81 bits per heavy atom. The Labute approximate surface area is 186 Å². The maximum absolute atomic E-state index is 13.3. The maximum Gasteiger partial charge on any atom is 0.227 e. The van der Waals surface area contributed by atoms with Crippen LogP contribution in [0.25, 0.3) is 11.1 Å². The van der Waals surface area contributed by atoms with Gasteiger partial charge < -0.3 is 14.4 Å². The fourth-order valence-electron chi connectivity index (χ4n) is 4.52. The molecule has 6 heteroatoms. The Balaban J connectivity index is 1.37. The summed E-state index contributed by atoms with van der Waals surface area (Å²) in [4.78, 5) is 19.9. The molecule has 0 spiro atoms. The molecule has 32 heavy (non-hydrogen) atoms. The third-order valence-corrected chi connectivity index (χ3v) is 6.03. The van der Waals surface area contributed by atoms with Crippen LogP contribution in [0.15, 0.2) is 54.6 Å². The summed E-state index contributed by atoms with van der Waals surface area (Å²) in [5.74, 6) is 1.25. The summed E-state index contributed by atoms with van der Waals surface area (Å²) in [6.07, 6.45) is 2.13. The van der Waals surface area contributed by atoms with Gasteiger partial charge in [-0.25, -0.2) is 4.39 Å². The molecule has 1 saturated heterocycles. The summed E-state index contributed by atoms with van der Waals surface area (Å²) < 4.78 is 24.6. The molecule has 1 atom stereocenters. The van der Waals surface area contributed by atoms with Gasteiger partial charge in [-0.05, 0) is 72.9 Å². The minimum absolute atomic E-state index is 0.0567. The molecule has 3 aromatic rings. The standard InChI is InChI=1S/C26H25FN2O3/c1-17-13-20(19-5-7-21(27)8-6-19)16-22(28-17)23-3-2-10-29(23)26(30)15-18-4-9-24-25(14-18)32-12-11-31-24/h4-9,13-14,16,23H,2-3,10-12,15H2,1H3/t23-/m1/s1. The lowest BCUT2D eigenvalue weighted by Crippen LogP contribution is -2.32. The quantitative estimate of drug-likeness (QED) is 0.590. The number of hydrogen-bond donors (Lipinski definition) is 0. The van der Waals surface area contributed by atoms with Crippen molar-refractivity contribution in [1.82, 2.24) is 9.88 Å². The SMILES string of the molecule is Cc1cc(-c2ccc(F)cc2)cc([C@H]2CCCN2C(=O)Cc2ccc3c(c2)OCCO3)n1. The number of halogens is 1. The number of pyridine rings is 1. The number of aryl methyl sites for hydroxylation is 1. The zero-order chi connectivity index (χ0) is 22.1. The van der Waals surface area contributed by atoms with Crippen molar-refractivity contribution in [2.75, 3.05) is 19.8 Å². The molecule has 164 valence electrons. The van der Waals surface area contributed by atoms with E-state index in [0.717, 1.165) is 53.2 Å². The minimum Gasteiger partial charge on any atom is -0.486 e. The van der Waals surface area contributed by atoms with Crippen molar-refractivity contribution in [1.29, 1.82) is 0 Å². The van der Waals surface area contributed by atoms with Gasteiger partial charge in [-0.2, -0.15) is 0 Å². The zero-order valence-electron chi connectivity index (χ0n) is 18.0. The Morgan fingerprint density at radius 1 is 1.03 bits per heavy atom. The lowest BCUT2D eigenvalue weighted by Gasteiger charge is -2.25. The van der Waals surface area contributed by atoms with Crippen LogP contribution in [0.5, 0.6) is 11.5 Å².